The van der Waals surface area contributed by atoms with E-state index < -0.39 is 22.3 Å². The van der Waals surface area contributed by atoms with E-state index in [0.717, 1.165) is 17.8 Å². The molecule has 9 nitrogen and oxygen atoms in total. The Morgan fingerprint density at radius 2 is 1.83 bits per heavy atom. The molecule has 0 amide bonds. The van der Waals surface area contributed by atoms with Crippen LogP contribution in [0.5, 0.6) is 11.5 Å². The lowest BCUT2D eigenvalue weighted by atomic mass is 9.85. The maximum absolute atomic E-state index is 11.2. The number of rotatable bonds is 3. The molecule has 0 unspecified atom stereocenters. The van der Waals surface area contributed by atoms with Crippen LogP contribution in [0.2, 0.25) is 0 Å². The molecule has 0 aliphatic carbocycles. The first-order valence-corrected chi connectivity index (χ1v) is 7.19. The highest BCUT2D eigenvalue weighted by Crippen LogP contribution is 2.46. The Hall–Kier alpha value is -3.37. The highest BCUT2D eigenvalue weighted by molar-refractivity contribution is 8.06. The fourth-order valence-corrected chi connectivity index (χ4v) is 3.14. The van der Waals surface area contributed by atoms with Gasteiger partial charge in [0.1, 0.15) is 0 Å². The number of nitro groups is 1. The van der Waals surface area contributed by atoms with Gasteiger partial charge in [-0.2, -0.15) is 10.5 Å². The van der Waals surface area contributed by atoms with Crippen LogP contribution in [0.25, 0.3) is 0 Å². The van der Waals surface area contributed by atoms with Gasteiger partial charge in [0, 0.05) is 6.07 Å². The summed E-state index contributed by atoms with van der Waals surface area (Å²) >= 11 is 0.876. The predicted molar refractivity (Wildman–Crippen MR) is 85.3 cm³/mol. The number of methoxy groups -OCH3 is 1. The third-order valence-corrected chi connectivity index (χ3v) is 4.25. The number of allylic oxidation sites excluding steroid dienone is 2. The Balaban J connectivity index is 2.77. The molecule has 0 bridgehead atoms. The molecule has 1 aromatic rings. The number of phenols is 1. The molecule has 0 aromatic heterocycles. The van der Waals surface area contributed by atoms with Crippen LogP contribution in [0.4, 0.5) is 5.69 Å². The lowest BCUT2D eigenvalue weighted by Crippen LogP contribution is -2.18. The van der Waals surface area contributed by atoms with Gasteiger partial charge in [0.2, 0.25) is 5.75 Å². The summed E-state index contributed by atoms with van der Waals surface area (Å²) in [6, 6.07) is 6.09. The van der Waals surface area contributed by atoms with E-state index in [4.69, 9.17) is 16.2 Å². The van der Waals surface area contributed by atoms with Crippen LogP contribution in [0.15, 0.2) is 33.3 Å². The molecule has 24 heavy (non-hydrogen) atoms. The summed E-state index contributed by atoms with van der Waals surface area (Å²) in [6.07, 6.45) is 0. The van der Waals surface area contributed by atoms with E-state index in [1.54, 1.807) is 0 Å². The number of nitrogens with two attached hydrogens (primary N) is 2. The van der Waals surface area contributed by atoms with Crippen molar-refractivity contribution in [1.82, 2.24) is 0 Å². The molecule has 0 fully saturated rings. The molecule has 2 rings (SSSR count). The van der Waals surface area contributed by atoms with Gasteiger partial charge in [-0.3, -0.25) is 10.1 Å². The van der Waals surface area contributed by atoms with Crippen LogP contribution in [-0.4, -0.2) is 17.1 Å². The Labute approximate surface area is 140 Å². The quantitative estimate of drug-likeness (QED) is 0.542. The van der Waals surface area contributed by atoms with Crippen LogP contribution >= 0.6 is 11.8 Å². The second kappa shape index (κ2) is 6.40. The maximum atomic E-state index is 11.2. The summed E-state index contributed by atoms with van der Waals surface area (Å²) in [5.74, 6) is -1.82. The monoisotopic (exact) mass is 345 g/mol. The maximum Gasteiger partial charge on any atom is 0.315 e. The molecular weight excluding hydrogens is 334 g/mol. The zero-order valence-electron chi connectivity index (χ0n) is 12.3. The van der Waals surface area contributed by atoms with E-state index in [1.165, 1.54) is 13.2 Å². The molecule has 1 heterocycles. The van der Waals surface area contributed by atoms with Crippen molar-refractivity contribution >= 4 is 17.4 Å². The highest BCUT2D eigenvalue weighted by atomic mass is 32.2. The minimum absolute atomic E-state index is 0.0321. The Kier molecular flexibility index (Phi) is 4.53. The molecule has 0 radical (unpaired) electrons. The topological polar surface area (TPSA) is 172 Å². The highest BCUT2D eigenvalue weighted by Gasteiger charge is 2.33. The summed E-state index contributed by atoms with van der Waals surface area (Å²) in [6.45, 7) is 0. The Morgan fingerprint density at radius 3 is 2.25 bits per heavy atom. The van der Waals surface area contributed by atoms with Gasteiger partial charge in [-0.25, -0.2) is 0 Å². The summed E-state index contributed by atoms with van der Waals surface area (Å²) in [5.41, 5.74) is 11.3. The molecule has 0 atom stereocenters. The van der Waals surface area contributed by atoms with Gasteiger partial charge >= 0.3 is 5.69 Å². The number of phenolic OH excluding ortho intramolecular Hbond substituents is 1. The minimum atomic E-state index is -1.00. The average Bonchev–Trinajstić information content (AvgIpc) is 2.53. The van der Waals surface area contributed by atoms with Gasteiger partial charge in [0.25, 0.3) is 0 Å². The number of hydrogen-bond acceptors (Lipinski definition) is 9. The number of nitro benzene ring substituents is 1. The van der Waals surface area contributed by atoms with Crippen molar-refractivity contribution in [3.05, 3.63) is 49.0 Å². The number of ether oxygens (including phenoxy) is 1. The van der Waals surface area contributed by atoms with Gasteiger partial charge in [-0.15, -0.1) is 0 Å². The standard InChI is InChI=1S/C14H11N5O4S/c1-23-12-9(19(21)22)2-6(3-10(12)20)11-7(4-15)13(17)24-14(18)8(11)5-16/h2-3,11,20H,17-18H2,1H3. The lowest BCUT2D eigenvalue weighted by molar-refractivity contribution is -0.385. The number of thioether (sulfide) groups is 1. The number of nitrogens with zero attached hydrogens (tertiary/aromatic N) is 3. The number of benzene rings is 1. The molecule has 1 aliphatic heterocycles. The van der Waals surface area contributed by atoms with Gasteiger partial charge in [-0.05, 0) is 11.6 Å². The number of nitriles is 2. The fraction of sp³-hybridized carbons (Fsp3) is 0.143. The molecule has 10 heteroatoms. The number of hydrogen-bond donors (Lipinski definition) is 3. The van der Waals surface area contributed by atoms with Gasteiger partial charge in [0.15, 0.2) is 5.75 Å². The van der Waals surface area contributed by atoms with Crippen molar-refractivity contribution in [3.63, 3.8) is 0 Å². The number of aromatic hydroxyl groups is 1. The van der Waals surface area contributed by atoms with Crippen molar-refractivity contribution < 1.29 is 14.8 Å². The van der Waals surface area contributed by atoms with Crippen molar-refractivity contribution in [2.45, 2.75) is 5.92 Å². The summed E-state index contributed by atoms with van der Waals surface area (Å²) in [4.78, 5) is 10.5. The molecule has 0 saturated heterocycles. The van der Waals surface area contributed by atoms with Gasteiger partial charge in [-0.1, -0.05) is 11.8 Å². The third-order valence-electron chi connectivity index (χ3n) is 3.38. The molecule has 1 aromatic carbocycles. The van der Waals surface area contributed by atoms with E-state index in [1.807, 2.05) is 12.1 Å². The van der Waals surface area contributed by atoms with Crippen molar-refractivity contribution in [2.24, 2.45) is 11.5 Å². The fourth-order valence-electron chi connectivity index (χ4n) is 2.36. The third kappa shape index (κ3) is 2.66. The van der Waals surface area contributed by atoms with Crippen LogP contribution in [0, 0.1) is 32.8 Å². The smallest absolute Gasteiger partial charge is 0.315 e. The molecule has 0 spiro atoms. The Bertz CT molecular complexity index is 842. The molecule has 0 saturated carbocycles. The Morgan fingerprint density at radius 1 is 1.29 bits per heavy atom. The van der Waals surface area contributed by atoms with Crippen molar-refractivity contribution in [3.8, 4) is 23.6 Å². The van der Waals surface area contributed by atoms with Crippen LogP contribution in [-0.2, 0) is 0 Å². The molecular formula is C14H11N5O4S. The SMILES string of the molecule is COc1c(O)cc(C2C(C#N)=C(N)SC(N)=C2C#N)cc1[N+](=O)[O-]. The normalized spacial score (nSPS) is 15.0. The van der Waals surface area contributed by atoms with E-state index in [0.29, 0.717) is 0 Å². The minimum Gasteiger partial charge on any atom is -0.504 e. The van der Waals surface area contributed by atoms with Crippen LogP contribution < -0.4 is 16.2 Å². The first kappa shape index (κ1) is 17.0. The van der Waals surface area contributed by atoms with Crippen LogP contribution in [0.1, 0.15) is 11.5 Å². The van der Waals surface area contributed by atoms with Crippen LogP contribution in [0.3, 0.4) is 0 Å². The largest absolute Gasteiger partial charge is 0.504 e. The molecule has 5 N–H and O–H groups in total. The summed E-state index contributed by atoms with van der Waals surface area (Å²) < 4.78 is 4.83. The summed E-state index contributed by atoms with van der Waals surface area (Å²) in [5, 5.41) is 40.1. The second-order valence-electron chi connectivity index (χ2n) is 4.66. The second-order valence-corrected chi connectivity index (χ2v) is 5.75. The average molecular weight is 345 g/mol. The molecule has 1 aliphatic rings. The zero-order valence-corrected chi connectivity index (χ0v) is 13.1. The van der Waals surface area contributed by atoms with E-state index in [-0.39, 0.29) is 32.5 Å². The first-order chi connectivity index (χ1) is 11.3. The lowest BCUT2D eigenvalue weighted by Gasteiger charge is -2.23. The van der Waals surface area contributed by atoms with Gasteiger partial charge < -0.3 is 21.3 Å². The van der Waals surface area contributed by atoms with E-state index in [9.17, 15) is 25.7 Å². The van der Waals surface area contributed by atoms with E-state index in [2.05, 4.69) is 0 Å². The van der Waals surface area contributed by atoms with Crippen molar-refractivity contribution in [2.75, 3.05) is 7.11 Å². The zero-order chi connectivity index (χ0) is 18.0. The summed E-state index contributed by atoms with van der Waals surface area (Å²) in [7, 11) is 1.18. The predicted octanol–water partition coefficient (Wildman–Crippen LogP) is 1.53. The van der Waals surface area contributed by atoms with E-state index >= 15 is 0 Å². The first-order valence-electron chi connectivity index (χ1n) is 6.38. The molecule has 122 valence electrons. The van der Waals surface area contributed by atoms with Crippen molar-refractivity contribution in [1.29, 1.82) is 10.5 Å². The van der Waals surface area contributed by atoms with Gasteiger partial charge in [0.05, 0.1) is 51.3 Å².